The summed E-state index contributed by atoms with van der Waals surface area (Å²) in [5.41, 5.74) is 0. The zero-order chi connectivity index (χ0) is 14.2. The molecule has 0 aromatic heterocycles. The van der Waals surface area contributed by atoms with E-state index in [0.717, 1.165) is 0 Å². The maximum absolute atomic E-state index is 12.9. The summed E-state index contributed by atoms with van der Waals surface area (Å²) < 4.78 is 95.6. The molecule has 106 valence electrons. The third-order valence-corrected chi connectivity index (χ3v) is 1.80. The predicted octanol–water partition coefficient (Wildman–Crippen LogP) is 2.68. The number of carbonyl (C=O) groups is 1. The Morgan fingerprint density at radius 3 is 2.11 bits per heavy atom. The Hall–Kier alpha value is -1.26. The van der Waals surface area contributed by atoms with E-state index in [0.29, 0.717) is 0 Å². The van der Waals surface area contributed by atoms with Crippen molar-refractivity contribution in [2.24, 2.45) is 0 Å². The zero-order valence-electron chi connectivity index (χ0n) is 8.27. The molecule has 1 aliphatic rings. The Labute approximate surface area is 94.6 Å². The largest absolute Gasteiger partial charge is 0.527 e. The van der Waals surface area contributed by atoms with Crippen LogP contribution in [0.2, 0.25) is 0 Å². The van der Waals surface area contributed by atoms with Gasteiger partial charge in [-0.05, 0) is 0 Å². The van der Waals surface area contributed by atoms with E-state index >= 15 is 0 Å². The second-order valence-corrected chi connectivity index (χ2v) is 3.27. The van der Waals surface area contributed by atoms with Crippen LogP contribution in [0, 0.1) is 0 Å². The maximum Gasteiger partial charge on any atom is 0.527 e. The Balaban J connectivity index is 2.69. The van der Waals surface area contributed by atoms with Crippen molar-refractivity contribution < 1.29 is 49.7 Å². The van der Waals surface area contributed by atoms with Gasteiger partial charge in [-0.3, -0.25) is 0 Å². The summed E-state index contributed by atoms with van der Waals surface area (Å²) in [4.78, 5) is 10.3. The Kier molecular flexibility index (Phi) is 3.65. The first kappa shape index (κ1) is 14.8. The molecular formula is C7H5F7O4. The topological polar surface area (TPSA) is 44.8 Å². The van der Waals surface area contributed by atoms with Crippen LogP contribution in [0.4, 0.5) is 35.5 Å². The monoisotopic (exact) mass is 286 g/mol. The van der Waals surface area contributed by atoms with E-state index in [4.69, 9.17) is 0 Å². The lowest BCUT2D eigenvalue weighted by molar-refractivity contribution is -0.467. The molecule has 4 nitrogen and oxygen atoms in total. The highest BCUT2D eigenvalue weighted by Gasteiger charge is 2.64. The van der Waals surface area contributed by atoms with Gasteiger partial charge in [-0.15, -0.1) is 13.2 Å². The summed E-state index contributed by atoms with van der Waals surface area (Å²) in [5.74, 6) is -5.18. The van der Waals surface area contributed by atoms with Crippen molar-refractivity contribution >= 4 is 6.16 Å². The highest BCUT2D eigenvalue weighted by molar-refractivity contribution is 5.61. The number of cyclic esters (lactones) is 2. The van der Waals surface area contributed by atoms with Crippen LogP contribution in [0.1, 0.15) is 6.42 Å². The normalized spacial score (nSPS) is 21.7. The van der Waals surface area contributed by atoms with E-state index < -0.39 is 43.7 Å². The van der Waals surface area contributed by atoms with Gasteiger partial charge in [0, 0.05) is 0 Å². The molecule has 0 aromatic rings. The van der Waals surface area contributed by atoms with Crippen LogP contribution in [0.25, 0.3) is 0 Å². The molecule has 0 bridgehead atoms. The van der Waals surface area contributed by atoms with Gasteiger partial charge in [-0.2, -0.15) is 17.6 Å². The first-order valence-corrected chi connectivity index (χ1v) is 4.29. The highest BCUT2D eigenvalue weighted by atomic mass is 19.4. The molecule has 0 radical (unpaired) electrons. The number of ether oxygens (including phenoxy) is 3. The molecule has 18 heavy (non-hydrogen) atoms. The molecular weight excluding hydrogens is 281 g/mol. The van der Waals surface area contributed by atoms with E-state index in [2.05, 4.69) is 14.2 Å². The van der Waals surface area contributed by atoms with E-state index in [9.17, 15) is 35.5 Å². The standard InChI is InChI=1S/C7H5F7O4/c8-5(9,1-3-2-16-4(15)17-3)6(10,11)18-7(12,13)14/h3H,1-2H2/t3-/m0/s1. The second kappa shape index (κ2) is 4.44. The van der Waals surface area contributed by atoms with Gasteiger partial charge < -0.3 is 9.47 Å². The lowest BCUT2D eigenvalue weighted by Crippen LogP contribution is -2.48. The van der Waals surface area contributed by atoms with Crippen molar-refractivity contribution in [2.75, 3.05) is 6.61 Å². The van der Waals surface area contributed by atoms with Crippen molar-refractivity contribution in [1.82, 2.24) is 0 Å². The smallest absolute Gasteiger partial charge is 0.430 e. The summed E-state index contributed by atoms with van der Waals surface area (Å²) in [6.45, 7) is -0.753. The molecule has 0 N–H and O–H groups in total. The number of hydrogen-bond acceptors (Lipinski definition) is 4. The number of hydrogen-bond donors (Lipinski definition) is 0. The minimum Gasteiger partial charge on any atom is -0.430 e. The van der Waals surface area contributed by atoms with Crippen molar-refractivity contribution in [3.8, 4) is 0 Å². The maximum atomic E-state index is 12.9. The third-order valence-electron chi connectivity index (χ3n) is 1.80. The van der Waals surface area contributed by atoms with Crippen molar-refractivity contribution in [1.29, 1.82) is 0 Å². The van der Waals surface area contributed by atoms with Gasteiger partial charge in [0.05, 0.1) is 6.42 Å². The van der Waals surface area contributed by atoms with Crippen molar-refractivity contribution in [3.05, 3.63) is 0 Å². The van der Waals surface area contributed by atoms with Gasteiger partial charge in [0.1, 0.15) is 12.7 Å². The van der Waals surface area contributed by atoms with Crippen LogP contribution in [0.5, 0.6) is 0 Å². The Morgan fingerprint density at radius 1 is 1.17 bits per heavy atom. The zero-order valence-corrected chi connectivity index (χ0v) is 8.27. The molecule has 0 spiro atoms. The average Bonchev–Trinajstić information content (AvgIpc) is 2.45. The summed E-state index contributed by atoms with van der Waals surface area (Å²) >= 11 is 0. The van der Waals surface area contributed by atoms with Crippen LogP contribution in [0.15, 0.2) is 0 Å². The minimum absolute atomic E-state index is 0.753. The molecule has 1 saturated heterocycles. The van der Waals surface area contributed by atoms with Crippen LogP contribution in [-0.4, -0.2) is 37.3 Å². The lowest BCUT2D eigenvalue weighted by Gasteiger charge is -2.27. The first-order valence-electron chi connectivity index (χ1n) is 4.29. The number of rotatable bonds is 4. The van der Waals surface area contributed by atoms with Crippen molar-refractivity contribution in [3.63, 3.8) is 0 Å². The quantitative estimate of drug-likeness (QED) is 0.588. The van der Waals surface area contributed by atoms with Crippen LogP contribution in [-0.2, 0) is 14.2 Å². The Morgan fingerprint density at radius 2 is 1.72 bits per heavy atom. The number of carbonyl (C=O) groups excluding carboxylic acids is 1. The van der Waals surface area contributed by atoms with E-state index in [1.807, 2.05) is 0 Å². The van der Waals surface area contributed by atoms with Crippen LogP contribution >= 0.6 is 0 Å². The van der Waals surface area contributed by atoms with E-state index in [1.54, 1.807) is 0 Å². The third kappa shape index (κ3) is 3.62. The molecule has 0 aromatic carbocycles. The van der Waals surface area contributed by atoms with Gasteiger partial charge in [-0.1, -0.05) is 0 Å². The molecule has 1 heterocycles. The van der Waals surface area contributed by atoms with Gasteiger partial charge in [-0.25, -0.2) is 9.53 Å². The summed E-state index contributed by atoms with van der Waals surface area (Å²) in [5, 5.41) is 0. The Bertz CT molecular complexity index is 326. The molecule has 0 unspecified atom stereocenters. The van der Waals surface area contributed by atoms with E-state index in [1.165, 1.54) is 0 Å². The summed E-state index contributed by atoms with van der Waals surface area (Å²) in [7, 11) is 0. The molecule has 1 rings (SSSR count). The molecule has 1 fully saturated rings. The fraction of sp³-hybridized carbons (Fsp3) is 0.857. The summed E-state index contributed by atoms with van der Waals surface area (Å²) in [6.07, 6.45) is -16.7. The van der Waals surface area contributed by atoms with Gasteiger partial charge in [0.2, 0.25) is 0 Å². The second-order valence-electron chi connectivity index (χ2n) is 3.27. The lowest BCUT2D eigenvalue weighted by atomic mass is 10.1. The molecule has 1 aliphatic heterocycles. The fourth-order valence-corrected chi connectivity index (χ4v) is 1.09. The fourth-order valence-electron chi connectivity index (χ4n) is 1.09. The first-order chi connectivity index (χ1) is 7.93. The van der Waals surface area contributed by atoms with Crippen LogP contribution < -0.4 is 0 Å². The van der Waals surface area contributed by atoms with Gasteiger partial charge in [0.15, 0.2) is 0 Å². The molecule has 0 saturated carbocycles. The molecule has 1 atom stereocenters. The molecule has 0 aliphatic carbocycles. The molecule has 11 heteroatoms. The minimum atomic E-state index is -5.93. The van der Waals surface area contributed by atoms with E-state index in [-0.39, 0.29) is 0 Å². The van der Waals surface area contributed by atoms with Crippen LogP contribution in [0.3, 0.4) is 0 Å². The SMILES string of the molecule is O=C1OC[C@H](CC(F)(F)C(F)(F)OC(F)(F)F)O1. The molecule has 0 amide bonds. The summed E-state index contributed by atoms with van der Waals surface area (Å²) in [6, 6.07) is 0. The van der Waals surface area contributed by atoms with Crippen molar-refractivity contribution in [2.45, 2.75) is 30.9 Å². The average molecular weight is 286 g/mol. The number of halogens is 7. The predicted molar refractivity (Wildman–Crippen MR) is 37.9 cm³/mol. The number of alkyl halides is 7. The highest BCUT2D eigenvalue weighted by Crippen LogP contribution is 2.43. The van der Waals surface area contributed by atoms with Gasteiger partial charge in [0.25, 0.3) is 0 Å². The van der Waals surface area contributed by atoms with Gasteiger partial charge >= 0.3 is 24.5 Å².